The number of benzene rings is 1. The molecule has 1 aliphatic heterocycles. The third-order valence-corrected chi connectivity index (χ3v) is 4.96. The van der Waals surface area contributed by atoms with Crippen molar-refractivity contribution in [2.24, 2.45) is 0 Å². The van der Waals surface area contributed by atoms with Gasteiger partial charge in [-0.1, -0.05) is 12.1 Å². The van der Waals surface area contributed by atoms with Crippen LogP contribution in [0.2, 0.25) is 0 Å². The number of likely N-dealkylation sites (N-methyl/N-ethyl adjacent to an activating group) is 1. The molecule has 0 amide bonds. The minimum atomic E-state index is -3.67. The summed E-state index contributed by atoms with van der Waals surface area (Å²) < 4.78 is 39.2. The number of hydrogen-bond donors (Lipinski definition) is 1. The van der Waals surface area contributed by atoms with Crippen molar-refractivity contribution in [3.8, 4) is 0 Å². The third-order valence-electron chi connectivity index (χ3n) is 3.03. The van der Waals surface area contributed by atoms with Crippen LogP contribution in [0.1, 0.15) is 0 Å². The Balaban J connectivity index is 2.28. The second-order valence-corrected chi connectivity index (χ2v) is 6.20. The lowest BCUT2D eigenvalue weighted by atomic mass is 10.3. The van der Waals surface area contributed by atoms with Crippen molar-refractivity contribution in [2.45, 2.75) is 4.90 Å². The van der Waals surface area contributed by atoms with E-state index in [1.54, 1.807) is 0 Å². The zero-order valence-electron chi connectivity index (χ0n) is 9.69. The molecular formula is C11H16FN2O2S+. The summed E-state index contributed by atoms with van der Waals surface area (Å²) in [7, 11) is -1.65. The molecule has 1 heterocycles. The first-order chi connectivity index (χ1) is 8.01. The highest BCUT2D eigenvalue weighted by Crippen LogP contribution is 2.18. The molecule has 0 aromatic heterocycles. The largest absolute Gasteiger partial charge is 0.335 e. The van der Waals surface area contributed by atoms with E-state index in [9.17, 15) is 12.8 Å². The summed E-state index contributed by atoms with van der Waals surface area (Å²) in [6.07, 6.45) is 0. The molecule has 1 aliphatic rings. The molecule has 1 aromatic rings. The Morgan fingerprint density at radius 1 is 1.24 bits per heavy atom. The second-order valence-electron chi connectivity index (χ2n) is 4.29. The average Bonchev–Trinajstić information content (AvgIpc) is 2.30. The third kappa shape index (κ3) is 2.48. The molecule has 1 aromatic carbocycles. The zero-order valence-corrected chi connectivity index (χ0v) is 10.5. The highest BCUT2D eigenvalue weighted by Gasteiger charge is 2.30. The number of nitrogens with one attached hydrogen (secondary N) is 1. The standard InChI is InChI=1S/C11H15FN2O2S/c1-13-6-8-14(9-7-13)17(15,16)11-5-3-2-4-10(11)12/h2-5H,6-9H2,1H3/p+1. The summed E-state index contributed by atoms with van der Waals surface area (Å²) in [6, 6.07) is 5.52. The molecule has 0 aliphatic carbocycles. The Hall–Kier alpha value is -0.980. The Kier molecular flexibility index (Phi) is 3.46. The van der Waals surface area contributed by atoms with Crippen molar-refractivity contribution in [3.63, 3.8) is 0 Å². The van der Waals surface area contributed by atoms with Crippen LogP contribution in [0.25, 0.3) is 0 Å². The summed E-state index contributed by atoms with van der Waals surface area (Å²) in [5, 5.41) is 0. The van der Waals surface area contributed by atoms with Gasteiger partial charge in [0.15, 0.2) is 0 Å². The lowest BCUT2D eigenvalue weighted by Crippen LogP contribution is -3.12. The SMILES string of the molecule is C[NH+]1CCN(S(=O)(=O)c2ccccc2F)CC1. The number of quaternary nitrogens is 1. The van der Waals surface area contributed by atoms with Gasteiger partial charge in [-0.2, -0.15) is 4.31 Å². The molecule has 0 radical (unpaired) electrons. The zero-order chi connectivity index (χ0) is 12.5. The van der Waals surface area contributed by atoms with Gasteiger partial charge in [0.2, 0.25) is 10.0 Å². The molecule has 6 heteroatoms. The van der Waals surface area contributed by atoms with Gasteiger partial charge in [0, 0.05) is 0 Å². The van der Waals surface area contributed by atoms with E-state index in [0.717, 1.165) is 13.1 Å². The van der Waals surface area contributed by atoms with Crippen molar-refractivity contribution in [1.29, 1.82) is 0 Å². The van der Waals surface area contributed by atoms with Crippen LogP contribution in [-0.2, 0) is 10.0 Å². The van der Waals surface area contributed by atoms with Gasteiger partial charge in [-0.3, -0.25) is 0 Å². The Labute approximate surface area is 101 Å². The minimum Gasteiger partial charge on any atom is -0.335 e. The summed E-state index contributed by atoms with van der Waals surface area (Å²) in [5.41, 5.74) is 0. The maximum Gasteiger partial charge on any atom is 0.246 e. The summed E-state index contributed by atoms with van der Waals surface area (Å²) >= 11 is 0. The van der Waals surface area contributed by atoms with Crippen molar-refractivity contribution in [1.82, 2.24) is 4.31 Å². The Morgan fingerprint density at radius 2 is 1.82 bits per heavy atom. The number of piperazine rings is 1. The quantitative estimate of drug-likeness (QED) is 0.766. The van der Waals surface area contributed by atoms with Crippen molar-refractivity contribution in [2.75, 3.05) is 33.2 Å². The smallest absolute Gasteiger partial charge is 0.246 e. The molecule has 0 spiro atoms. The lowest BCUT2D eigenvalue weighted by molar-refractivity contribution is -0.883. The van der Waals surface area contributed by atoms with Gasteiger partial charge in [0.1, 0.15) is 10.7 Å². The number of rotatable bonds is 2. The van der Waals surface area contributed by atoms with E-state index in [2.05, 4.69) is 0 Å². The molecule has 0 unspecified atom stereocenters. The van der Waals surface area contributed by atoms with E-state index in [0.29, 0.717) is 13.1 Å². The summed E-state index contributed by atoms with van der Waals surface area (Å²) in [6.45, 7) is 2.41. The van der Waals surface area contributed by atoms with E-state index in [-0.39, 0.29) is 4.90 Å². The van der Waals surface area contributed by atoms with Crippen LogP contribution in [0.5, 0.6) is 0 Å². The normalized spacial score (nSPS) is 19.4. The van der Waals surface area contributed by atoms with Crippen LogP contribution in [0.15, 0.2) is 29.2 Å². The van der Waals surface area contributed by atoms with Gasteiger partial charge in [0.25, 0.3) is 0 Å². The van der Waals surface area contributed by atoms with E-state index in [1.807, 2.05) is 7.05 Å². The highest BCUT2D eigenvalue weighted by molar-refractivity contribution is 7.89. The summed E-state index contributed by atoms with van der Waals surface area (Å²) in [4.78, 5) is 1.07. The minimum absolute atomic E-state index is 0.223. The van der Waals surface area contributed by atoms with Crippen LogP contribution in [0.4, 0.5) is 4.39 Å². The van der Waals surface area contributed by atoms with Gasteiger partial charge in [-0.05, 0) is 12.1 Å². The second kappa shape index (κ2) is 4.72. The van der Waals surface area contributed by atoms with E-state index in [1.165, 1.54) is 33.5 Å². The monoisotopic (exact) mass is 259 g/mol. The molecule has 2 rings (SSSR count). The number of sulfonamides is 1. The van der Waals surface area contributed by atoms with E-state index >= 15 is 0 Å². The number of halogens is 1. The molecule has 1 fully saturated rings. The maximum absolute atomic E-state index is 13.5. The molecular weight excluding hydrogens is 243 g/mol. The maximum atomic E-state index is 13.5. The van der Waals surface area contributed by atoms with Crippen molar-refractivity contribution in [3.05, 3.63) is 30.1 Å². The molecule has 4 nitrogen and oxygen atoms in total. The van der Waals surface area contributed by atoms with Crippen LogP contribution >= 0.6 is 0 Å². The fourth-order valence-corrected chi connectivity index (χ4v) is 3.41. The molecule has 0 saturated carbocycles. The lowest BCUT2D eigenvalue weighted by Gasteiger charge is -2.29. The van der Waals surface area contributed by atoms with Crippen LogP contribution in [-0.4, -0.2) is 45.9 Å². The molecule has 0 atom stereocenters. The van der Waals surface area contributed by atoms with Crippen LogP contribution < -0.4 is 4.90 Å². The molecule has 1 saturated heterocycles. The average molecular weight is 259 g/mol. The Morgan fingerprint density at radius 3 is 2.41 bits per heavy atom. The van der Waals surface area contributed by atoms with Gasteiger partial charge < -0.3 is 4.90 Å². The van der Waals surface area contributed by atoms with Crippen molar-refractivity contribution >= 4 is 10.0 Å². The predicted molar refractivity (Wildman–Crippen MR) is 61.8 cm³/mol. The topological polar surface area (TPSA) is 41.8 Å². The molecule has 17 heavy (non-hydrogen) atoms. The predicted octanol–water partition coefficient (Wildman–Crippen LogP) is -0.655. The molecule has 0 bridgehead atoms. The fraction of sp³-hybridized carbons (Fsp3) is 0.455. The van der Waals surface area contributed by atoms with Gasteiger partial charge >= 0.3 is 0 Å². The van der Waals surface area contributed by atoms with E-state index in [4.69, 9.17) is 0 Å². The van der Waals surface area contributed by atoms with E-state index < -0.39 is 15.8 Å². The summed E-state index contributed by atoms with van der Waals surface area (Å²) in [5.74, 6) is -0.682. The fourth-order valence-electron chi connectivity index (χ4n) is 1.90. The van der Waals surface area contributed by atoms with Gasteiger partial charge in [0.05, 0.1) is 33.2 Å². The first-order valence-electron chi connectivity index (χ1n) is 5.58. The van der Waals surface area contributed by atoms with Gasteiger partial charge in [-0.15, -0.1) is 0 Å². The highest BCUT2D eigenvalue weighted by atomic mass is 32.2. The molecule has 94 valence electrons. The van der Waals surface area contributed by atoms with Crippen LogP contribution in [0, 0.1) is 5.82 Å². The first-order valence-corrected chi connectivity index (χ1v) is 7.02. The molecule has 1 N–H and O–H groups in total. The Bertz CT molecular complexity index is 496. The first kappa shape index (κ1) is 12.5. The van der Waals surface area contributed by atoms with Gasteiger partial charge in [-0.25, -0.2) is 12.8 Å². The van der Waals surface area contributed by atoms with Crippen LogP contribution in [0.3, 0.4) is 0 Å². The number of nitrogens with zero attached hydrogens (tertiary/aromatic N) is 1. The number of hydrogen-bond acceptors (Lipinski definition) is 2. The van der Waals surface area contributed by atoms with Crippen molar-refractivity contribution < 1.29 is 17.7 Å².